The van der Waals surface area contributed by atoms with Gasteiger partial charge in [0.15, 0.2) is 0 Å². The molecule has 0 spiro atoms. The second kappa shape index (κ2) is 14.7. The van der Waals surface area contributed by atoms with Gasteiger partial charge >= 0.3 is 0 Å². The first-order valence-electron chi connectivity index (χ1n) is 10.0. The van der Waals surface area contributed by atoms with Crippen molar-refractivity contribution >= 4 is 0 Å². The maximum Gasteiger partial charge on any atom is 0.114 e. The average molecular weight is 359 g/mol. The smallest absolute Gasteiger partial charge is 0.114 e. The molecule has 148 valence electrons. The maximum atomic E-state index is 10.0. The van der Waals surface area contributed by atoms with Gasteiger partial charge < -0.3 is 24.8 Å². The molecule has 1 rings (SSSR count). The Morgan fingerprint density at radius 3 is 2.04 bits per heavy atom. The molecule has 5 nitrogen and oxygen atoms in total. The van der Waals surface area contributed by atoms with Crippen molar-refractivity contribution in [3.05, 3.63) is 12.7 Å². The molecule has 0 amide bonds. The van der Waals surface area contributed by atoms with E-state index in [9.17, 15) is 10.2 Å². The van der Waals surface area contributed by atoms with Crippen molar-refractivity contribution in [2.24, 2.45) is 0 Å². The van der Waals surface area contributed by atoms with E-state index in [0.717, 1.165) is 19.3 Å². The van der Waals surface area contributed by atoms with Crippen LogP contribution in [0.25, 0.3) is 0 Å². The molecule has 0 saturated carbocycles. The monoisotopic (exact) mass is 358 g/mol. The zero-order chi connectivity index (χ0) is 18.3. The van der Waals surface area contributed by atoms with Crippen molar-refractivity contribution in [1.29, 1.82) is 0 Å². The number of ether oxygens (including phenoxy) is 2. The molecular weight excluding hydrogens is 320 g/mol. The molecule has 0 aromatic heterocycles. The largest absolute Gasteiger partial charge is 0.394 e. The van der Waals surface area contributed by atoms with E-state index in [2.05, 4.69) is 6.58 Å². The zero-order valence-corrected chi connectivity index (χ0v) is 15.7. The van der Waals surface area contributed by atoms with Gasteiger partial charge in [0, 0.05) is 6.61 Å². The summed E-state index contributed by atoms with van der Waals surface area (Å²) in [6, 6.07) is 0. The van der Waals surface area contributed by atoms with E-state index in [0.29, 0.717) is 6.61 Å². The average Bonchev–Trinajstić information content (AvgIpc) is 2.61. The molecule has 1 heterocycles. The van der Waals surface area contributed by atoms with E-state index in [1.165, 1.54) is 51.4 Å². The van der Waals surface area contributed by atoms with E-state index < -0.39 is 24.4 Å². The predicted molar refractivity (Wildman–Crippen MR) is 99.6 cm³/mol. The lowest BCUT2D eigenvalue weighted by molar-refractivity contribution is -0.210. The minimum Gasteiger partial charge on any atom is -0.394 e. The van der Waals surface area contributed by atoms with Crippen molar-refractivity contribution < 1.29 is 24.8 Å². The summed E-state index contributed by atoms with van der Waals surface area (Å²) in [7, 11) is 0. The van der Waals surface area contributed by atoms with Crippen LogP contribution in [0.5, 0.6) is 0 Å². The minimum atomic E-state index is -0.972. The van der Waals surface area contributed by atoms with Gasteiger partial charge in [-0.1, -0.05) is 57.4 Å². The summed E-state index contributed by atoms with van der Waals surface area (Å²) < 4.78 is 10.8. The first-order valence-corrected chi connectivity index (χ1v) is 10.0. The van der Waals surface area contributed by atoms with E-state index in [1.807, 2.05) is 6.08 Å². The van der Waals surface area contributed by atoms with Crippen molar-refractivity contribution in [1.82, 2.24) is 0 Å². The first-order chi connectivity index (χ1) is 12.2. The third kappa shape index (κ3) is 9.71. The number of aliphatic hydroxyl groups excluding tert-OH is 3. The number of rotatable bonds is 15. The summed E-state index contributed by atoms with van der Waals surface area (Å²) in [4.78, 5) is 0. The van der Waals surface area contributed by atoms with Crippen LogP contribution in [-0.2, 0) is 9.47 Å². The van der Waals surface area contributed by atoms with E-state index in [4.69, 9.17) is 14.6 Å². The van der Waals surface area contributed by atoms with Gasteiger partial charge in [0.05, 0.1) is 13.2 Å². The standard InChI is InChI=1S/C20H38O5/c1-2-3-4-5-6-7-8-9-10-11-12-13-14-24-20-17(22)16-25-18(15-21)19(20)23/h2,17-23H,1,3-16H2/t17-,18+,19+,20+/m0/s1. The van der Waals surface area contributed by atoms with Gasteiger partial charge in [0.1, 0.15) is 24.4 Å². The fourth-order valence-electron chi connectivity index (χ4n) is 3.25. The van der Waals surface area contributed by atoms with Gasteiger partial charge in [-0.05, 0) is 19.3 Å². The summed E-state index contributed by atoms with van der Waals surface area (Å²) in [5.74, 6) is 0. The molecule has 0 radical (unpaired) electrons. The van der Waals surface area contributed by atoms with E-state index in [-0.39, 0.29) is 13.2 Å². The SMILES string of the molecule is C=CCCCCCCCCCCCCO[C@H]1[C@H](O)[C@@H](CO)OC[C@@H]1O. The Balaban J connectivity index is 1.92. The van der Waals surface area contributed by atoms with Crippen molar-refractivity contribution in [2.45, 2.75) is 95.0 Å². The summed E-state index contributed by atoms with van der Waals surface area (Å²) in [5.41, 5.74) is 0. The molecule has 1 saturated heterocycles. The summed E-state index contributed by atoms with van der Waals surface area (Å²) in [6.45, 7) is 4.11. The van der Waals surface area contributed by atoms with Crippen LogP contribution in [0, 0.1) is 0 Å². The van der Waals surface area contributed by atoms with Crippen LogP contribution in [0.3, 0.4) is 0 Å². The molecule has 0 aromatic rings. The lowest BCUT2D eigenvalue weighted by atomic mass is 10.0. The molecule has 0 unspecified atom stereocenters. The van der Waals surface area contributed by atoms with Crippen molar-refractivity contribution in [3.63, 3.8) is 0 Å². The third-order valence-corrected chi connectivity index (χ3v) is 4.87. The molecular formula is C20H38O5. The lowest BCUT2D eigenvalue weighted by Gasteiger charge is -2.37. The van der Waals surface area contributed by atoms with Gasteiger partial charge in [-0.15, -0.1) is 6.58 Å². The van der Waals surface area contributed by atoms with Crippen LogP contribution in [0.2, 0.25) is 0 Å². The van der Waals surface area contributed by atoms with E-state index >= 15 is 0 Å². The molecule has 0 aromatic carbocycles. The Kier molecular flexibility index (Phi) is 13.3. The molecule has 25 heavy (non-hydrogen) atoms. The van der Waals surface area contributed by atoms with Crippen molar-refractivity contribution in [3.8, 4) is 0 Å². The molecule has 1 aliphatic rings. The minimum absolute atomic E-state index is 0.0978. The van der Waals surface area contributed by atoms with Gasteiger partial charge in [-0.25, -0.2) is 0 Å². The van der Waals surface area contributed by atoms with Gasteiger partial charge in [0.25, 0.3) is 0 Å². The van der Waals surface area contributed by atoms with Gasteiger partial charge in [-0.2, -0.15) is 0 Å². The Labute approximate surface area is 153 Å². The molecule has 1 fully saturated rings. The molecule has 3 N–H and O–H groups in total. The summed E-state index contributed by atoms with van der Waals surface area (Å²) in [5, 5.41) is 29.0. The van der Waals surface area contributed by atoms with Crippen LogP contribution in [0.4, 0.5) is 0 Å². The topological polar surface area (TPSA) is 79.2 Å². The van der Waals surface area contributed by atoms with Crippen LogP contribution in [0.15, 0.2) is 12.7 Å². The van der Waals surface area contributed by atoms with E-state index in [1.54, 1.807) is 0 Å². The van der Waals surface area contributed by atoms with Gasteiger partial charge in [-0.3, -0.25) is 0 Å². The number of hydrogen-bond acceptors (Lipinski definition) is 5. The Morgan fingerprint density at radius 1 is 0.920 bits per heavy atom. The van der Waals surface area contributed by atoms with Crippen LogP contribution >= 0.6 is 0 Å². The van der Waals surface area contributed by atoms with Crippen LogP contribution < -0.4 is 0 Å². The Morgan fingerprint density at radius 2 is 1.48 bits per heavy atom. The molecule has 4 atom stereocenters. The maximum absolute atomic E-state index is 10.0. The zero-order valence-electron chi connectivity index (χ0n) is 15.7. The number of allylic oxidation sites excluding steroid dienone is 1. The number of aliphatic hydroxyl groups is 3. The fraction of sp³-hybridized carbons (Fsp3) is 0.900. The quantitative estimate of drug-likeness (QED) is 0.310. The normalized spacial score (nSPS) is 26.7. The second-order valence-corrected chi connectivity index (χ2v) is 7.06. The molecule has 5 heteroatoms. The number of hydrogen-bond donors (Lipinski definition) is 3. The molecule has 1 aliphatic heterocycles. The Hall–Kier alpha value is -0.460. The summed E-state index contributed by atoms with van der Waals surface area (Å²) >= 11 is 0. The van der Waals surface area contributed by atoms with Gasteiger partial charge in [0.2, 0.25) is 0 Å². The van der Waals surface area contributed by atoms with Crippen LogP contribution in [-0.4, -0.2) is 59.6 Å². The Bertz CT molecular complexity index is 323. The predicted octanol–water partition coefficient (Wildman–Crippen LogP) is 2.96. The van der Waals surface area contributed by atoms with Crippen molar-refractivity contribution in [2.75, 3.05) is 19.8 Å². The molecule has 0 aliphatic carbocycles. The fourth-order valence-corrected chi connectivity index (χ4v) is 3.25. The number of unbranched alkanes of at least 4 members (excludes halogenated alkanes) is 10. The lowest BCUT2D eigenvalue weighted by Crippen LogP contribution is -2.55. The highest BCUT2D eigenvalue weighted by Crippen LogP contribution is 2.19. The third-order valence-electron chi connectivity index (χ3n) is 4.87. The summed E-state index contributed by atoms with van der Waals surface area (Å²) in [6.07, 6.45) is 12.4. The van der Waals surface area contributed by atoms with Crippen LogP contribution in [0.1, 0.15) is 70.6 Å². The second-order valence-electron chi connectivity index (χ2n) is 7.06. The highest BCUT2D eigenvalue weighted by Gasteiger charge is 2.38. The highest BCUT2D eigenvalue weighted by molar-refractivity contribution is 4.87. The molecule has 0 bridgehead atoms. The first kappa shape index (κ1) is 22.6. The highest BCUT2D eigenvalue weighted by atomic mass is 16.6.